The Kier molecular flexibility index (Phi) is 3.65. The quantitative estimate of drug-likeness (QED) is 0.744. The Balaban J connectivity index is 2.67. The van der Waals surface area contributed by atoms with Crippen LogP contribution in [0.3, 0.4) is 0 Å². The number of ether oxygens (including phenoxy) is 1. The average Bonchev–Trinajstić information content (AvgIpc) is 2.08. The van der Waals surface area contributed by atoms with Crippen molar-refractivity contribution in [2.24, 2.45) is 0 Å². The number of benzene rings is 1. The number of carbonyl (C=O) groups excluding carboxylic acids is 1. The predicted octanol–water partition coefficient (Wildman–Crippen LogP) is 3.39. The fourth-order valence-electron chi connectivity index (χ4n) is 1.01. The van der Waals surface area contributed by atoms with Gasteiger partial charge in [0.2, 0.25) is 0 Å². The molecule has 1 aromatic rings. The van der Waals surface area contributed by atoms with E-state index in [4.69, 9.17) is 16.3 Å². The van der Waals surface area contributed by atoms with Crippen LogP contribution in [0.2, 0.25) is 5.02 Å². The van der Waals surface area contributed by atoms with E-state index >= 15 is 0 Å². The van der Waals surface area contributed by atoms with Gasteiger partial charge in [-0.2, -0.15) is 0 Å². The van der Waals surface area contributed by atoms with Crippen molar-refractivity contribution >= 4 is 23.4 Å². The van der Waals surface area contributed by atoms with Gasteiger partial charge >= 0.3 is 6.09 Å². The maximum atomic E-state index is 11.4. The van der Waals surface area contributed by atoms with Crippen molar-refractivity contribution in [3.8, 4) is 5.75 Å². The van der Waals surface area contributed by atoms with Crippen LogP contribution in [-0.4, -0.2) is 16.8 Å². The van der Waals surface area contributed by atoms with Gasteiger partial charge in [-0.15, -0.1) is 0 Å². The maximum Gasteiger partial charge on any atom is 0.412 e. The lowest BCUT2D eigenvalue weighted by Crippen LogP contribution is -2.27. The summed E-state index contributed by atoms with van der Waals surface area (Å²) in [5, 5.41) is 11.9. The fourth-order valence-corrected chi connectivity index (χ4v) is 1.19. The van der Waals surface area contributed by atoms with E-state index in [-0.39, 0.29) is 10.8 Å². The highest BCUT2D eigenvalue weighted by Gasteiger charge is 2.16. The lowest BCUT2D eigenvalue weighted by molar-refractivity contribution is 0.0636. The molecule has 0 aliphatic carbocycles. The van der Waals surface area contributed by atoms with Crippen LogP contribution in [0, 0.1) is 0 Å². The third-order valence-electron chi connectivity index (χ3n) is 1.59. The molecule has 0 fully saturated rings. The normalized spacial score (nSPS) is 11.0. The average molecular weight is 244 g/mol. The first kappa shape index (κ1) is 12.6. The zero-order valence-electron chi connectivity index (χ0n) is 9.37. The van der Waals surface area contributed by atoms with Gasteiger partial charge in [0, 0.05) is 5.69 Å². The highest BCUT2D eigenvalue weighted by atomic mass is 35.5. The third-order valence-corrected chi connectivity index (χ3v) is 1.90. The number of hydrogen-bond acceptors (Lipinski definition) is 3. The number of rotatable bonds is 1. The summed E-state index contributed by atoms with van der Waals surface area (Å²) in [6.07, 6.45) is -0.561. The van der Waals surface area contributed by atoms with Gasteiger partial charge in [0.25, 0.3) is 0 Å². The van der Waals surface area contributed by atoms with Crippen LogP contribution in [0.25, 0.3) is 0 Å². The van der Waals surface area contributed by atoms with Gasteiger partial charge < -0.3 is 9.84 Å². The van der Waals surface area contributed by atoms with Crippen LogP contribution >= 0.6 is 11.6 Å². The van der Waals surface area contributed by atoms with Crippen molar-refractivity contribution in [3.63, 3.8) is 0 Å². The van der Waals surface area contributed by atoms with E-state index < -0.39 is 11.7 Å². The maximum absolute atomic E-state index is 11.4. The molecule has 0 heterocycles. The molecule has 1 rings (SSSR count). The number of phenols is 1. The monoisotopic (exact) mass is 243 g/mol. The van der Waals surface area contributed by atoms with Crippen LogP contribution in [-0.2, 0) is 4.74 Å². The Bertz CT molecular complexity index is 399. The van der Waals surface area contributed by atoms with Crippen molar-refractivity contribution < 1.29 is 14.6 Å². The Labute approximate surface area is 99.2 Å². The fraction of sp³-hybridized carbons (Fsp3) is 0.364. The first-order chi connectivity index (χ1) is 7.28. The number of phenolic OH excluding ortho intramolecular Hbond substituents is 1. The molecule has 0 spiro atoms. The van der Waals surface area contributed by atoms with E-state index in [1.165, 1.54) is 18.2 Å². The van der Waals surface area contributed by atoms with E-state index in [1.54, 1.807) is 20.8 Å². The molecule has 1 aromatic carbocycles. The number of carbonyl (C=O) groups is 1. The molecule has 4 nitrogen and oxygen atoms in total. The second-order valence-corrected chi connectivity index (χ2v) is 4.70. The zero-order valence-corrected chi connectivity index (χ0v) is 10.1. The van der Waals surface area contributed by atoms with Crippen molar-refractivity contribution in [3.05, 3.63) is 23.2 Å². The third kappa shape index (κ3) is 3.98. The second-order valence-electron chi connectivity index (χ2n) is 4.29. The van der Waals surface area contributed by atoms with E-state index in [1.807, 2.05) is 0 Å². The largest absolute Gasteiger partial charge is 0.506 e. The molecule has 5 heteroatoms. The molecule has 0 radical (unpaired) electrons. The summed E-state index contributed by atoms with van der Waals surface area (Å²) in [5.41, 5.74) is -0.0813. The first-order valence-electron chi connectivity index (χ1n) is 4.76. The second kappa shape index (κ2) is 4.61. The minimum absolute atomic E-state index is 0.0311. The molecule has 0 saturated carbocycles. The Morgan fingerprint density at radius 1 is 1.44 bits per heavy atom. The molecule has 1 amide bonds. The molecule has 16 heavy (non-hydrogen) atoms. The van der Waals surface area contributed by atoms with Crippen LogP contribution in [0.4, 0.5) is 10.5 Å². The van der Waals surface area contributed by atoms with Crippen molar-refractivity contribution in [1.82, 2.24) is 0 Å². The predicted molar refractivity (Wildman–Crippen MR) is 63.0 cm³/mol. The topological polar surface area (TPSA) is 58.6 Å². The van der Waals surface area contributed by atoms with Gasteiger partial charge in [-0.25, -0.2) is 4.79 Å². The van der Waals surface area contributed by atoms with Crippen LogP contribution < -0.4 is 5.32 Å². The molecule has 0 bridgehead atoms. The summed E-state index contributed by atoms with van der Waals surface area (Å²) < 4.78 is 5.06. The van der Waals surface area contributed by atoms with E-state index in [2.05, 4.69) is 5.32 Å². The molecule has 0 unspecified atom stereocenters. The first-order valence-corrected chi connectivity index (χ1v) is 5.14. The van der Waals surface area contributed by atoms with Crippen molar-refractivity contribution in [1.29, 1.82) is 0 Å². The smallest absolute Gasteiger partial charge is 0.412 e. The van der Waals surface area contributed by atoms with Gasteiger partial charge in [-0.1, -0.05) is 11.6 Å². The summed E-state index contributed by atoms with van der Waals surface area (Å²) in [6.45, 7) is 5.32. The minimum Gasteiger partial charge on any atom is -0.506 e. The summed E-state index contributed by atoms with van der Waals surface area (Å²) in [6, 6.07) is 4.38. The zero-order chi connectivity index (χ0) is 12.3. The highest BCUT2D eigenvalue weighted by Crippen LogP contribution is 2.26. The number of hydrogen-bond donors (Lipinski definition) is 2. The van der Waals surface area contributed by atoms with Gasteiger partial charge in [-0.05, 0) is 39.0 Å². The van der Waals surface area contributed by atoms with Crippen LogP contribution in [0.5, 0.6) is 5.75 Å². The van der Waals surface area contributed by atoms with Gasteiger partial charge in [0.15, 0.2) is 0 Å². The molecule has 0 aliphatic rings. The van der Waals surface area contributed by atoms with E-state index in [9.17, 15) is 9.90 Å². The van der Waals surface area contributed by atoms with Crippen LogP contribution in [0.1, 0.15) is 20.8 Å². The number of aromatic hydroxyl groups is 1. The molecular formula is C11H14ClNO3. The summed E-state index contributed by atoms with van der Waals surface area (Å²) >= 11 is 5.69. The highest BCUT2D eigenvalue weighted by molar-refractivity contribution is 6.32. The minimum atomic E-state index is -0.561. The Morgan fingerprint density at radius 2 is 2.06 bits per heavy atom. The summed E-state index contributed by atoms with van der Waals surface area (Å²) in [4.78, 5) is 11.4. The molecule has 0 aliphatic heterocycles. The van der Waals surface area contributed by atoms with Gasteiger partial charge in [0.1, 0.15) is 11.4 Å². The standard InChI is InChI=1S/C11H14ClNO3/c1-11(2,3)16-10(15)13-7-4-5-9(14)8(12)6-7/h4-6,14H,1-3H3,(H,13,15). The molecular weight excluding hydrogens is 230 g/mol. The van der Waals surface area contributed by atoms with E-state index in [0.717, 1.165) is 0 Å². The molecule has 2 N–H and O–H groups in total. The van der Waals surface area contributed by atoms with Gasteiger partial charge in [0.05, 0.1) is 5.02 Å². The molecule has 88 valence electrons. The lowest BCUT2D eigenvalue weighted by Gasteiger charge is -2.19. The SMILES string of the molecule is CC(C)(C)OC(=O)Nc1ccc(O)c(Cl)c1. The number of anilines is 1. The lowest BCUT2D eigenvalue weighted by atomic mass is 10.2. The number of amides is 1. The summed E-state index contributed by atoms with van der Waals surface area (Å²) in [5.74, 6) is -0.0311. The molecule has 0 saturated heterocycles. The summed E-state index contributed by atoms with van der Waals surface area (Å²) in [7, 11) is 0. The molecule has 0 atom stereocenters. The van der Waals surface area contributed by atoms with E-state index in [0.29, 0.717) is 5.69 Å². The molecule has 0 aromatic heterocycles. The Morgan fingerprint density at radius 3 is 2.56 bits per heavy atom. The van der Waals surface area contributed by atoms with Gasteiger partial charge in [-0.3, -0.25) is 5.32 Å². The van der Waals surface area contributed by atoms with Crippen molar-refractivity contribution in [2.45, 2.75) is 26.4 Å². The van der Waals surface area contributed by atoms with Crippen LogP contribution in [0.15, 0.2) is 18.2 Å². The number of nitrogens with one attached hydrogen (secondary N) is 1. The van der Waals surface area contributed by atoms with Crippen molar-refractivity contribution in [2.75, 3.05) is 5.32 Å². The Hall–Kier alpha value is -1.42. The number of halogens is 1.